The number of carbonyl (C=O) groups is 2. The van der Waals surface area contributed by atoms with Crippen LogP contribution >= 0.6 is 0 Å². The van der Waals surface area contributed by atoms with Gasteiger partial charge in [0.2, 0.25) is 0 Å². The molecule has 0 spiro atoms. The summed E-state index contributed by atoms with van der Waals surface area (Å²) in [5.41, 5.74) is 0.906. The van der Waals surface area contributed by atoms with Crippen LogP contribution in [0, 0.1) is 0 Å². The largest absolute Gasteiger partial charge is 2.00 e. The maximum Gasteiger partial charge on any atom is 2.00 e. The molecule has 4 nitrogen and oxygen atoms in total. The predicted octanol–water partition coefficient (Wildman–Crippen LogP) is 1.48. The minimum absolute atomic E-state index is 0. The Labute approximate surface area is 184 Å². The summed E-state index contributed by atoms with van der Waals surface area (Å²) in [6.07, 6.45) is 9.51. The van der Waals surface area contributed by atoms with Crippen molar-refractivity contribution in [2.75, 3.05) is 0 Å². The molecule has 0 bridgehead atoms. The molecule has 0 amide bonds. The van der Waals surface area contributed by atoms with E-state index in [9.17, 15) is 19.8 Å². The number of benzene rings is 1. The van der Waals surface area contributed by atoms with E-state index in [1.807, 2.05) is 12.1 Å². The first kappa shape index (κ1) is 23.5. The molecule has 0 aliphatic heterocycles. The summed E-state index contributed by atoms with van der Waals surface area (Å²) in [7, 11) is 0. The SMILES string of the molecule is CCCCCCCCCc1ccccc1/C(=C/C(=O)[O-])C(=O)[O-].[Ba+2]. The van der Waals surface area contributed by atoms with E-state index >= 15 is 0 Å². The predicted molar refractivity (Wildman–Crippen MR) is 91.9 cm³/mol. The zero-order valence-corrected chi connectivity index (χ0v) is 18.8. The molecule has 0 aromatic heterocycles. The van der Waals surface area contributed by atoms with Crippen LogP contribution in [0.1, 0.15) is 63.0 Å². The van der Waals surface area contributed by atoms with E-state index < -0.39 is 11.9 Å². The van der Waals surface area contributed by atoms with Gasteiger partial charge in [0, 0.05) is 5.57 Å². The van der Waals surface area contributed by atoms with E-state index in [1.54, 1.807) is 12.1 Å². The van der Waals surface area contributed by atoms with Gasteiger partial charge in [0.15, 0.2) is 0 Å². The van der Waals surface area contributed by atoms with Crippen molar-refractivity contribution in [3.8, 4) is 0 Å². The van der Waals surface area contributed by atoms with Crippen molar-refractivity contribution >= 4 is 66.4 Å². The third-order valence-corrected chi connectivity index (χ3v) is 3.84. The third kappa shape index (κ3) is 9.08. The van der Waals surface area contributed by atoms with Crippen LogP contribution in [0.4, 0.5) is 0 Å². The molecular formula is C19H24BaO4. The van der Waals surface area contributed by atoms with Crippen molar-refractivity contribution in [3.63, 3.8) is 0 Å². The zero-order chi connectivity index (χ0) is 17.1. The van der Waals surface area contributed by atoms with Crippen molar-refractivity contribution < 1.29 is 19.8 Å². The summed E-state index contributed by atoms with van der Waals surface area (Å²) in [5, 5.41) is 21.9. The monoisotopic (exact) mass is 454 g/mol. The fourth-order valence-electron chi connectivity index (χ4n) is 2.64. The number of hydrogen-bond donors (Lipinski definition) is 0. The molecule has 0 unspecified atom stereocenters. The normalized spacial score (nSPS) is 11.0. The van der Waals surface area contributed by atoms with Gasteiger partial charge >= 0.3 is 48.9 Å². The van der Waals surface area contributed by atoms with Gasteiger partial charge in [0.25, 0.3) is 0 Å². The summed E-state index contributed by atoms with van der Waals surface area (Å²) in [5.74, 6) is -3.03. The summed E-state index contributed by atoms with van der Waals surface area (Å²) in [6, 6.07) is 6.96. The number of carboxylic acids is 2. The molecule has 24 heavy (non-hydrogen) atoms. The van der Waals surface area contributed by atoms with Crippen molar-refractivity contribution in [1.82, 2.24) is 0 Å². The molecular weight excluding hydrogens is 430 g/mol. The molecule has 0 aliphatic carbocycles. The van der Waals surface area contributed by atoms with E-state index in [-0.39, 0.29) is 54.5 Å². The van der Waals surface area contributed by atoms with Gasteiger partial charge in [0.1, 0.15) is 0 Å². The van der Waals surface area contributed by atoms with Crippen LogP contribution in [0.5, 0.6) is 0 Å². The van der Waals surface area contributed by atoms with Crippen molar-refractivity contribution in [2.24, 2.45) is 0 Å². The first-order chi connectivity index (χ1) is 11.1. The number of aryl methyl sites for hydroxylation is 1. The van der Waals surface area contributed by atoms with E-state index in [2.05, 4.69) is 6.92 Å². The van der Waals surface area contributed by atoms with Crippen LogP contribution in [0.3, 0.4) is 0 Å². The molecule has 5 heteroatoms. The second-order valence-electron chi connectivity index (χ2n) is 5.69. The minimum atomic E-state index is -1.53. The summed E-state index contributed by atoms with van der Waals surface area (Å²) < 4.78 is 0. The number of carbonyl (C=O) groups excluding carboxylic acids is 2. The molecule has 0 atom stereocenters. The molecule has 0 aliphatic rings. The Hall–Kier alpha value is -0.529. The Morgan fingerprint density at radius 3 is 2.12 bits per heavy atom. The fourth-order valence-corrected chi connectivity index (χ4v) is 2.64. The van der Waals surface area contributed by atoms with Crippen LogP contribution in [-0.2, 0) is 16.0 Å². The van der Waals surface area contributed by atoms with Gasteiger partial charge in [-0.15, -0.1) is 0 Å². The Kier molecular flexibility index (Phi) is 13.4. The van der Waals surface area contributed by atoms with Gasteiger partial charge in [0.05, 0.1) is 11.9 Å². The van der Waals surface area contributed by atoms with Gasteiger partial charge in [-0.25, -0.2) is 0 Å². The third-order valence-electron chi connectivity index (χ3n) is 3.84. The molecule has 0 N–H and O–H groups in total. The molecule has 126 valence electrons. The molecule has 0 heterocycles. The molecule has 0 radical (unpaired) electrons. The maximum atomic E-state index is 11.2. The summed E-state index contributed by atoms with van der Waals surface area (Å²) in [4.78, 5) is 21.9. The second kappa shape index (κ2) is 13.7. The smallest absolute Gasteiger partial charge is 0.545 e. The van der Waals surface area contributed by atoms with Crippen molar-refractivity contribution in [3.05, 3.63) is 41.5 Å². The zero-order valence-electron chi connectivity index (χ0n) is 14.4. The first-order valence-electron chi connectivity index (χ1n) is 8.28. The van der Waals surface area contributed by atoms with E-state index in [1.165, 1.54) is 32.1 Å². The minimum Gasteiger partial charge on any atom is -0.545 e. The van der Waals surface area contributed by atoms with E-state index in [0.717, 1.165) is 24.8 Å². The Bertz CT molecular complexity index is 552. The molecule has 1 rings (SSSR count). The topological polar surface area (TPSA) is 80.3 Å². The maximum absolute atomic E-state index is 11.2. The average molecular weight is 454 g/mol. The number of unbranched alkanes of at least 4 members (excludes halogenated alkanes) is 6. The molecule has 1 aromatic rings. The average Bonchev–Trinajstić information content (AvgIpc) is 2.52. The number of carboxylic acid groups (broad SMARTS) is 2. The Morgan fingerprint density at radius 2 is 1.54 bits per heavy atom. The van der Waals surface area contributed by atoms with Crippen LogP contribution in [0.25, 0.3) is 5.57 Å². The van der Waals surface area contributed by atoms with Crippen LogP contribution in [0.15, 0.2) is 30.3 Å². The van der Waals surface area contributed by atoms with Gasteiger partial charge in [-0.05, 0) is 30.0 Å². The second-order valence-corrected chi connectivity index (χ2v) is 5.69. The molecule has 0 fully saturated rings. The summed E-state index contributed by atoms with van der Waals surface area (Å²) in [6.45, 7) is 2.19. The molecule has 0 saturated carbocycles. The Balaban J connectivity index is 0.00000529. The van der Waals surface area contributed by atoms with Crippen LogP contribution < -0.4 is 10.2 Å². The van der Waals surface area contributed by atoms with Gasteiger partial charge in [-0.3, -0.25) is 0 Å². The van der Waals surface area contributed by atoms with Crippen molar-refractivity contribution in [1.29, 1.82) is 0 Å². The number of rotatable bonds is 11. The van der Waals surface area contributed by atoms with Gasteiger partial charge in [-0.1, -0.05) is 69.7 Å². The molecule has 1 aromatic carbocycles. The standard InChI is InChI=1S/C19H26O4.Ba/c1-2-3-4-5-6-7-8-11-15-12-9-10-13-16(15)17(19(22)23)14-18(20)21;/h9-10,12-14H,2-8,11H2,1H3,(H,20,21)(H,22,23);/q;+2/p-2/b17-14-;. The number of hydrogen-bond acceptors (Lipinski definition) is 4. The quantitative estimate of drug-likeness (QED) is 0.289. The van der Waals surface area contributed by atoms with Crippen LogP contribution in [0.2, 0.25) is 0 Å². The van der Waals surface area contributed by atoms with E-state index in [4.69, 9.17) is 0 Å². The fraction of sp³-hybridized carbons (Fsp3) is 0.474. The van der Waals surface area contributed by atoms with Crippen molar-refractivity contribution in [2.45, 2.75) is 58.3 Å². The molecule has 0 saturated heterocycles. The first-order valence-corrected chi connectivity index (χ1v) is 8.28. The van der Waals surface area contributed by atoms with E-state index in [0.29, 0.717) is 11.6 Å². The Morgan fingerprint density at radius 1 is 0.958 bits per heavy atom. The van der Waals surface area contributed by atoms with Gasteiger partial charge < -0.3 is 19.8 Å². The van der Waals surface area contributed by atoms with Crippen LogP contribution in [-0.4, -0.2) is 60.8 Å². The van der Waals surface area contributed by atoms with Gasteiger partial charge in [-0.2, -0.15) is 0 Å². The summed E-state index contributed by atoms with van der Waals surface area (Å²) >= 11 is 0. The number of aliphatic carboxylic acids is 2.